The standard InChI is InChI=1S/C20H23NO5/c1-23-15-7-5-13(10-16(15)24-2)20-14-11-18(26-4)17(25-3)9-12(14)6-8-19(22)21-20/h5,7,9-11,20H,6,8H2,1-4H3,(H,21,22). The number of amides is 1. The first-order valence-electron chi connectivity index (χ1n) is 8.37. The summed E-state index contributed by atoms with van der Waals surface area (Å²) in [6.07, 6.45) is 1.07. The third-order valence-corrected chi connectivity index (χ3v) is 4.62. The molecule has 1 amide bonds. The zero-order valence-corrected chi connectivity index (χ0v) is 15.4. The summed E-state index contributed by atoms with van der Waals surface area (Å²) in [5, 5.41) is 3.10. The van der Waals surface area contributed by atoms with Crippen LogP contribution in [0.1, 0.15) is 29.2 Å². The van der Waals surface area contributed by atoms with Crippen molar-refractivity contribution in [1.82, 2.24) is 5.32 Å². The first kappa shape index (κ1) is 17.9. The second-order valence-corrected chi connectivity index (χ2v) is 6.02. The molecule has 1 heterocycles. The molecule has 3 rings (SSSR count). The summed E-state index contributed by atoms with van der Waals surface area (Å²) in [5.41, 5.74) is 2.95. The molecule has 138 valence electrons. The van der Waals surface area contributed by atoms with E-state index in [1.54, 1.807) is 28.4 Å². The first-order valence-corrected chi connectivity index (χ1v) is 8.37. The maximum absolute atomic E-state index is 12.3. The third-order valence-electron chi connectivity index (χ3n) is 4.62. The van der Waals surface area contributed by atoms with Crippen LogP contribution < -0.4 is 24.3 Å². The number of carbonyl (C=O) groups is 1. The highest BCUT2D eigenvalue weighted by Gasteiger charge is 2.26. The number of carbonyl (C=O) groups excluding carboxylic acids is 1. The van der Waals surface area contributed by atoms with E-state index in [1.807, 2.05) is 30.3 Å². The Morgan fingerprint density at radius 1 is 0.808 bits per heavy atom. The van der Waals surface area contributed by atoms with E-state index in [0.29, 0.717) is 35.8 Å². The van der Waals surface area contributed by atoms with Crippen molar-refractivity contribution in [1.29, 1.82) is 0 Å². The lowest BCUT2D eigenvalue weighted by Gasteiger charge is -2.22. The number of aryl methyl sites for hydroxylation is 1. The highest BCUT2D eigenvalue weighted by atomic mass is 16.5. The number of hydrogen-bond donors (Lipinski definition) is 1. The van der Waals surface area contributed by atoms with Crippen LogP contribution in [-0.2, 0) is 11.2 Å². The molecule has 2 aromatic carbocycles. The Balaban J connectivity index is 2.14. The topological polar surface area (TPSA) is 66.0 Å². The lowest BCUT2D eigenvalue weighted by Crippen LogP contribution is -2.27. The van der Waals surface area contributed by atoms with E-state index >= 15 is 0 Å². The lowest BCUT2D eigenvalue weighted by atomic mass is 9.93. The van der Waals surface area contributed by atoms with Crippen LogP contribution in [0, 0.1) is 0 Å². The maximum Gasteiger partial charge on any atom is 0.221 e. The van der Waals surface area contributed by atoms with Gasteiger partial charge < -0.3 is 24.3 Å². The van der Waals surface area contributed by atoms with Gasteiger partial charge in [0.1, 0.15) is 0 Å². The van der Waals surface area contributed by atoms with E-state index in [2.05, 4.69) is 5.32 Å². The van der Waals surface area contributed by atoms with Gasteiger partial charge in [-0.2, -0.15) is 0 Å². The van der Waals surface area contributed by atoms with Crippen LogP contribution in [0.25, 0.3) is 0 Å². The summed E-state index contributed by atoms with van der Waals surface area (Å²) < 4.78 is 21.6. The summed E-state index contributed by atoms with van der Waals surface area (Å²) in [6.45, 7) is 0. The molecule has 0 aliphatic carbocycles. The summed E-state index contributed by atoms with van der Waals surface area (Å²) in [6, 6.07) is 9.22. The molecule has 0 radical (unpaired) electrons. The molecular weight excluding hydrogens is 334 g/mol. The Morgan fingerprint density at radius 2 is 1.42 bits per heavy atom. The van der Waals surface area contributed by atoms with E-state index in [-0.39, 0.29) is 11.9 Å². The molecule has 2 aromatic rings. The van der Waals surface area contributed by atoms with Gasteiger partial charge in [-0.25, -0.2) is 0 Å². The molecule has 1 atom stereocenters. The number of fused-ring (bicyclic) bond motifs is 1. The Bertz CT molecular complexity index is 818. The molecule has 1 N–H and O–H groups in total. The van der Waals surface area contributed by atoms with E-state index in [1.165, 1.54) is 0 Å². The Kier molecular flexibility index (Phi) is 5.21. The average Bonchev–Trinajstić information content (AvgIpc) is 2.84. The number of methoxy groups -OCH3 is 4. The number of rotatable bonds is 5. The summed E-state index contributed by atoms with van der Waals surface area (Å²) in [7, 11) is 6.40. The molecule has 26 heavy (non-hydrogen) atoms. The average molecular weight is 357 g/mol. The van der Waals surface area contributed by atoms with Crippen LogP contribution in [0.15, 0.2) is 30.3 Å². The van der Waals surface area contributed by atoms with Crippen LogP contribution in [0.2, 0.25) is 0 Å². The van der Waals surface area contributed by atoms with E-state index in [0.717, 1.165) is 16.7 Å². The SMILES string of the molecule is COc1ccc(C2NC(=O)CCc3cc(OC)c(OC)cc32)cc1OC. The van der Waals surface area contributed by atoms with Crippen LogP contribution in [-0.4, -0.2) is 34.3 Å². The van der Waals surface area contributed by atoms with Crippen molar-refractivity contribution in [2.24, 2.45) is 0 Å². The summed E-state index contributed by atoms with van der Waals surface area (Å²) in [4.78, 5) is 12.3. The van der Waals surface area contributed by atoms with Gasteiger partial charge >= 0.3 is 0 Å². The predicted molar refractivity (Wildman–Crippen MR) is 97.4 cm³/mol. The summed E-state index contributed by atoms with van der Waals surface area (Å²) in [5.74, 6) is 2.55. The molecule has 0 saturated heterocycles. The molecule has 0 bridgehead atoms. The van der Waals surface area contributed by atoms with E-state index < -0.39 is 0 Å². The van der Waals surface area contributed by atoms with Crippen molar-refractivity contribution in [3.05, 3.63) is 47.0 Å². The van der Waals surface area contributed by atoms with Crippen LogP contribution in [0.5, 0.6) is 23.0 Å². The van der Waals surface area contributed by atoms with Crippen molar-refractivity contribution >= 4 is 5.91 Å². The quantitative estimate of drug-likeness (QED) is 0.891. The van der Waals surface area contributed by atoms with Gasteiger partial charge in [-0.3, -0.25) is 4.79 Å². The van der Waals surface area contributed by atoms with Gasteiger partial charge in [0.15, 0.2) is 23.0 Å². The molecule has 1 aliphatic rings. The molecule has 1 unspecified atom stereocenters. The normalized spacial score (nSPS) is 16.2. The van der Waals surface area contributed by atoms with Crippen molar-refractivity contribution in [3.63, 3.8) is 0 Å². The smallest absolute Gasteiger partial charge is 0.221 e. The number of nitrogens with one attached hydrogen (secondary N) is 1. The van der Waals surface area contributed by atoms with Crippen LogP contribution in [0.4, 0.5) is 0 Å². The highest BCUT2D eigenvalue weighted by molar-refractivity contribution is 5.78. The Morgan fingerprint density at radius 3 is 2.08 bits per heavy atom. The maximum atomic E-state index is 12.3. The van der Waals surface area contributed by atoms with Gasteiger partial charge in [-0.15, -0.1) is 0 Å². The molecule has 6 heteroatoms. The molecule has 0 fully saturated rings. The largest absolute Gasteiger partial charge is 0.493 e. The number of ether oxygens (including phenoxy) is 4. The lowest BCUT2D eigenvalue weighted by molar-refractivity contribution is -0.121. The zero-order chi connectivity index (χ0) is 18.7. The Labute approximate surface area is 153 Å². The first-order chi connectivity index (χ1) is 12.6. The minimum Gasteiger partial charge on any atom is -0.493 e. The molecule has 6 nitrogen and oxygen atoms in total. The molecule has 0 aromatic heterocycles. The van der Waals surface area contributed by atoms with Crippen LogP contribution >= 0.6 is 0 Å². The highest BCUT2D eigenvalue weighted by Crippen LogP contribution is 2.39. The monoisotopic (exact) mass is 357 g/mol. The van der Waals surface area contributed by atoms with Gasteiger partial charge in [0.2, 0.25) is 5.91 Å². The van der Waals surface area contributed by atoms with Crippen molar-refractivity contribution in [3.8, 4) is 23.0 Å². The van der Waals surface area contributed by atoms with Gasteiger partial charge in [0.05, 0.1) is 34.5 Å². The number of benzene rings is 2. The fraction of sp³-hybridized carbons (Fsp3) is 0.350. The molecular formula is C20H23NO5. The molecule has 1 aliphatic heterocycles. The predicted octanol–water partition coefficient (Wildman–Crippen LogP) is 2.87. The second kappa shape index (κ2) is 7.56. The minimum atomic E-state index is -0.306. The third kappa shape index (κ3) is 3.27. The fourth-order valence-corrected chi connectivity index (χ4v) is 3.28. The van der Waals surface area contributed by atoms with E-state index in [9.17, 15) is 4.79 Å². The minimum absolute atomic E-state index is 0.00100. The fourth-order valence-electron chi connectivity index (χ4n) is 3.28. The molecule has 0 spiro atoms. The van der Waals surface area contributed by atoms with Crippen molar-refractivity contribution in [2.75, 3.05) is 28.4 Å². The number of hydrogen-bond acceptors (Lipinski definition) is 5. The van der Waals surface area contributed by atoms with Crippen LogP contribution in [0.3, 0.4) is 0 Å². The van der Waals surface area contributed by atoms with Gasteiger partial charge in [0, 0.05) is 6.42 Å². The van der Waals surface area contributed by atoms with Gasteiger partial charge in [-0.05, 0) is 47.4 Å². The van der Waals surface area contributed by atoms with Gasteiger partial charge in [0.25, 0.3) is 0 Å². The van der Waals surface area contributed by atoms with Crippen molar-refractivity contribution in [2.45, 2.75) is 18.9 Å². The zero-order valence-electron chi connectivity index (χ0n) is 15.4. The van der Waals surface area contributed by atoms with Gasteiger partial charge in [-0.1, -0.05) is 6.07 Å². The molecule has 0 saturated carbocycles. The second-order valence-electron chi connectivity index (χ2n) is 6.02. The van der Waals surface area contributed by atoms with Crippen molar-refractivity contribution < 1.29 is 23.7 Å². The van der Waals surface area contributed by atoms with E-state index in [4.69, 9.17) is 18.9 Å². The Hall–Kier alpha value is -2.89. The summed E-state index contributed by atoms with van der Waals surface area (Å²) >= 11 is 0.